The molecule has 0 aromatic heterocycles. The van der Waals surface area contributed by atoms with Crippen molar-refractivity contribution in [1.82, 2.24) is 0 Å². The van der Waals surface area contributed by atoms with Gasteiger partial charge in [-0.25, -0.2) is 8.97 Å². The Kier molecular flexibility index (Phi) is 11.3. The monoisotopic (exact) mass is 665 g/mol. The van der Waals surface area contributed by atoms with E-state index in [-0.39, 0.29) is 30.3 Å². The van der Waals surface area contributed by atoms with Crippen molar-refractivity contribution >= 4 is 17.3 Å². The van der Waals surface area contributed by atoms with E-state index >= 15 is 0 Å². The second-order valence-corrected chi connectivity index (χ2v) is 12.9. The predicted octanol–water partition coefficient (Wildman–Crippen LogP) is 5.75. The van der Waals surface area contributed by atoms with Crippen LogP contribution in [0.5, 0.6) is 23.0 Å². The summed E-state index contributed by atoms with van der Waals surface area (Å²) in [5.74, 6) is 2.23. The Morgan fingerprint density at radius 3 is 2.15 bits per heavy atom. The van der Waals surface area contributed by atoms with E-state index in [0.717, 1.165) is 29.8 Å². The largest absolute Gasteiger partial charge is 1.00 e. The van der Waals surface area contributed by atoms with E-state index in [1.54, 1.807) is 33.5 Å². The molecule has 1 unspecified atom stereocenters. The molecule has 1 aliphatic heterocycles. The second-order valence-electron chi connectivity index (χ2n) is 12.5. The lowest BCUT2D eigenvalue weighted by Gasteiger charge is -2.25. The lowest BCUT2D eigenvalue weighted by Crippen LogP contribution is -3.00. The van der Waals surface area contributed by atoms with Crippen molar-refractivity contribution in [2.75, 3.05) is 27.9 Å². The number of methoxy groups -OCH3 is 3. The molecular formula is C38H42Cl2FNO4. The molecule has 0 saturated carbocycles. The van der Waals surface area contributed by atoms with Crippen LogP contribution in [0.25, 0.3) is 0 Å². The standard InChI is InChI=1S/C38H42ClFNO4.ClH/c1-24(25-14-16-28(17-15-25)38(2,3)4)36-29-21-35(44-7)34(43-6)20-26(29)18-19-41(36)22-27-10-8-13-33(42-5)37(27)45-23-30-31(39)11-9-12-32(30)40;/h8-17,20-21,24H,18-19,22-23H2,1-7H3;1H/q+1;/p-1. The molecule has 0 bridgehead atoms. The van der Waals surface area contributed by atoms with Gasteiger partial charge in [-0.05, 0) is 65.4 Å². The van der Waals surface area contributed by atoms with Gasteiger partial charge in [-0.3, -0.25) is 0 Å². The van der Waals surface area contributed by atoms with Crippen LogP contribution in [0.4, 0.5) is 4.39 Å². The molecule has 1 heterocycles. The van der Waals surface area contributed by atoms with Crippen LogP contribution in [-0.4, -0.2) is 38.2 Å². The molecule has 0 aliphatic carbocycles. The normalized spacial score (nSPS) is 13.4. The molecule has 0 spiro atoms. The highest BCUT2D eigenvalue weighted by Crippen LogP contribution is 2.38. The van der Waals surface area contributed by atoms with Crippen LogP contribution in [0.3, 0.4) is 0 Å². The van der Waals surface area contributed by atoms with Gasteiger partial charge in [0.2, 0.25) is 0 Å². The van der Waals surface area contributed by atoms with Crippen molar-refractivity contribution in [1.29, 1.82) is 0 Å². The number of benzene rings is 4. The number of halogens is 3. The Bertz CT molecular complexity index is 1690. The van der Waals surface area contributed by atoms with Gasteiger partial charge in [0, 0.05) is 17.5 Å². The highest BCUT2D eigenvalue weighted by molar-refractivity contribution is 6.31. The van der Waals surface area contributed by atoms with E-state index in [1.807, 2.05) is 18.2 Å². The second kappa shape index (κ2) is 14.8. The van der Waals surface area contributed by atoms with Crippen molar-refractivity contribution in [2.24, 2.45) is 0 Å². The molecule has 244 valence electrons. The van der Waals surface area contributed by atoms with Crippen LogP contribution in [0.15, 0.2) is 72.8 Å². The van der Waals surface area contributed by atoms with Crippen LogP contribution < -0.4 is 31.4 Å². The summed E-state index contributed by atoms with van der Waals surface area (Å²) in [4.78, 5) is 0. The number of hydrogen-bond donors (Lipinski definition) is 0. The SMILES string of the molecule is COc1cc2c(cc1OC)C(C(C)c1ccc(C(C)(C)C)cc1)=[N+](Cc1cccc(OC)c1OCc1c(F)cccc1Cl)CC2.[Cl-]. The van der Waals surface area contributed by atoms with Crippen LogP contribution >= 0.6 is 11.6 Å². The number of fused-ring (bicyclic) bond motifs is 1. The van der Waals surface area contributed by atoms with Crippen LogP contribution in [0.1, 0.15) is 67.0 Å². The fourth-order valence-electron chi connectivity index (χ4n) is 6.04. The Labute approximate surface area is 283 Å². The zero-order valence-corrected chi connectivity index (χ0v) is 29.1. The summed E-state index contributed by atoms with van der Waals surface area (Å²) in [6, 6.07) is 23.6. The smallest absolute Gasteiger partial charge is 0.191 e. The first-order chi connectivity index (χ1) is 21.5. The first-order valence-electron chi connectivity index (χ1n) is 15.2. The maximum Gasteiger partial charge on any atom is 0.191 e. The third kappa shape index (κ3) is 7.29. The quantitative estimate of drug-likeness (QED) is 0.203. The van der Waals surface area contributed by atoms with Crippen molar-refractivity contribution in [2.45, 2.75) is 58.6 Å². The highest BCUT2D eigenvalue weighted by atomic mass is 35.5. The van der Waals surface area contributed by atoms with Crippen molar-refractivity contribution < 1.29 is 40.3 Å². The molecule has 5 rings (SSSR count). The minimum Gasteiger partial charge on any atom is -1.00 e. The molecule has 0 amide bonds. The molecule has 5 nitrogen and oxygen atoms in total. The van der Waals surface area contributed by atoms with E-state index in [9.17, 15) is 4.39 Å². The van der Waals surface area contributed by atoms with Crippen LogP contribution in [-0.2, 0) is 25.0 Å². The number of nitrogens with zero attached hydrogens (tertiary/aromatic N) is 1. The zero-order chi connectivity index (χ0) is 32.3. The molecule has 1 atom stereocenters. The molecule has 1 aliphatic rings. The van der Waals surface area contributed by atoms with E-state index < -0.39 is 5.82 Å². The van der Waals surface area contributed by atoms with Gasteiger partial charge in [0.1, 0.15) is 19.0 Å². The first-order valence-corrected chi connectivity index (χ1v) is 15.6. The summed E-state index contributed by atoms with van der Waals surface area (Å²) < 4.78 is 40.4. The van der Waals surface area contributed by atoms with E-state index in [1.165, 1.54) is 28.5 Å². The average Bonchev–Trinajstić information content (AvgIpc) is 3.03. The minimum absolute atomic E-state index is 0. The van der Waals surface area contributed by atoms with Gasteiger partial charge in [-0.2, -0.15) is 0 Å². The van der Waals surface area contributed by atoms with Gasteiger partial charge < -0.3 is 31.4 Å². The van der Waals surface area contributed by atoms with Gasteiger partial charge in [0.05, 0.1) is 37.8 Å². The summed E-state index contributed by atoms with van der Waals surface area (Å²) in [6.45, 7) is 10.3. The molecule has 0 N–H and O–H groups in total. The first kappa shape index (κ1) is 35.1. The minimum atomic E-state index is -0.405. The van der Waals surface area contributed by atoms with Gasteiger partial charge in [0.15, 0.2) is 35.3 Å². The lowest BCUT2D eigenvalue weighted by molar-refractivity contribution is -0.546. The van der Waals surface area contributed by atoms with Gasteiger partial charge in [-0.15, -0.1) is 0 Å². The molecule has 4 aromatic rings. The Morgan fingerprint density at radius 2 is 1.52 bits per heavy atom. The maximum atomic E-state index is 14.6. The Morgan fingerprint density at radius 1 is 0.870 bits per heavy atom. The van der Waals surface area contributed by atoms with E-state index in [2.05, 4.69) is 68.7 Å². The van der Waals surface area contributed by atoms with Gasteiger partial charge in [-0.1, -0.05) is 68.8 Å². The third-order valence-electron chi connectivity index (χ3n) is 8.63. The topological polar surface area (TPSA) is 39.9 Å². The van der Waals surface area contributed by atoms with Crippen LogP contribution in [0.2, 0.25) is 5.02 Å². The average molecular weight is 667 g/mol. The maximum absolute atomic E-state index is 14.6. The number of hydrogen-bond acceptors (Lipinski definition) is 4. The molecule has 4 aromatic carbocycles. The highest BCUT2D eigenvalue weighted by Gasteiger charge is 2.33. The number of para-hydroxylation sites is 1. The zero-order valence-electron chi connectivity index (χ0n) is 27.5. The molecule has 0 fully saturated rings. The molecular weight excluding hydrogens is 624 g/mol. The summed E-state index contributed by atoms with van der Waals surface area (Å²) in [5.41, 5.74) is 7.36. The van der Waals surface area contributed by atoms with Crippen LogP contribution in [0, 0.1) is 5.82 Å². The molecule has 8 heteroatoms. The van der Waals surface area contributed by atoms with Crippen molar-refractivity contribution in [3.63, 3.8) is 0 Å². The fourth-order valence-corrected chi connectivity index (χ4v) is 6.26. The van der Waals surface area contributed by atoms with Gasteiger partial charge >= 0.3 is 0 Å². The number of rotatable bonds is 10. The summed E-state index contributed by atoms with van der Waals surface area (Å²) in [6.07, 6.45) is 0.833. The summed E-state index contributed by atoms with van der Waals surface area (Å²) >= 11 is 6.32. The Balaban J connectivity index is 0.00000480. The van der Waals surface area contributed by atoms with E-state index in [4.69, 9.17) is 30.5 Å². The lowest BCUT2D eigenvalue weighted by atomic mass is 9.83. The fraction of sp³-hybridized carbons (Fsp3) is 0.342. The molecule has 0 saturated heterocycles. The third-order valence-corrected chi connectivity index (χ3v) is 8.98. The number of ether oxygens (including phenoxy) is 4. The predicted molar refractivity (Wildman–Crippen MR) is 178 cm³/mol. The molecule has 46 heavy (non-hydrogen) atoms. The van der Waals surface area contributed by atoms with E-state index in [0.29, 0.717) is 34.4 Å². The van der Waals surface area contributed by atoms with Crippen molar-refractivity contribution in [3.05, 3.63) is 117 Å². The van der Waals surface area contributed by atoms with Crippen molar-refractivity contribution in [3.8, 4) is 23.0 Å². The Hall–Kier alpha value is -3.74. The summed E-state index contributed by atoms with van der Waals surface area (Å²) in [7, 11) is 4.95. The van der Waals surface area contributed by atoms with Gasteiger partial charge in [0.25, 0.3) is 0 Å². The molecule has 0 radical (unpaired) electrons. The summed E-state index contributed by atoms with van der Waals surface area (Å²) in [5, 5.41) is 0.324.